The summed E-state index contributed by atoms with van der Waals surface area (Å²) in [7, 11) is 0. The Morgan fingerprint density at radius 1 is 1.06 bits per heavy atom. The summed E-state index contributed by atoms with van der Waals surface area (Å²) in [6, 6.07) is 15.3. The zero-order valence-electron chi connectivity index (χ0n) is 18.3. The Kier molecular flexibility index (Phi) is 8.31. The van der Waals surface area contributed by atoms with E-state index in [1.165, 1.54) is 25.5 Å². The van der Waals surface area contributed by atoms with E-state index in [1.54, 1.807) is 18.3 Å². The lowest BCUT2D eigenvalue weighted by atomic mass is 9.96. The van der Waals surface area contributed by atoms with Gasteiger partial charge in [-0.1, -0.05) is 55.7 Å². The second-order valence-electron chi connectivity index (χ2n) is 7.75. The molecular weight excluding hydrogens is 402 g/mol. The zero-order chi connectivity index (χ0) is 22.8. The van der Waals surface area contributed by atoms with Crippen molar-refractivity contribution >= 4 is 29.9 Å². The number of benzene rings is 2. The number of hydrogen-bond acceptors (Lipinski definition) is 5. The van der Waals surface area contributed by atoms with Gasteiger partial charge in [0.1, 0.15) is 0 Å². The molecule has 4 N–H and O–H groups in total. The van der Waals surface area contributed by atoms with Crippen molar-refractivity contribution in [2.45, 2.75) is 45.1 Å². The number of amides is 2. The quantitative estimate of drug-likeness (QED) is 0.257. The van der Waals surface area contributed by atoms with Crippen LogP contribution in [0.25, 0.3) is 0 Å². The van der Waals surface area contributed by atoms with Gasteiger partial charge in [0.05, 0.1) is 11.3 Å². The second-order valence-corrected chi connectivity index (χ2v) is 7.75. The lowest BCUT2D eigenvalue weighted by molar-refractivity contribution is -0.112. The summed E-state index contributed by atoms with van der Waals surface area (Å²) in [4.78, 5) is 27.9. The highest BCUT2D eigenvalue weighted by Crippen LogP contribution is 2.20. The molecule has 2 amide bonds. The maximum Gasteiger partial charge on any atom is 0.258 e. The Hall–Kier alpha value is -3.74. The molecule has 0 saturated heterocycles. The van der Waals surface area contributed by atoms with Crippen LogP contribution in [-0.4, -0.2) is 30.3 Å². The summed E-state index contributed by atoms with van der Waals surface area (Å²) < 4.78 is 0. The van der Waals surface area contributed by atoms with Crippen molar-refractivity contribution in [2.24, 2.45) is 15.8 Å². The summed E-state index contributed by atoms with van der Waals surface area (Å²) in [6.07, 6.45) is 9.11. The molecule has 7 nitrogen and oxygen atoms in total. The highest BCUT2D eigenvalue weighted by Gasteiger charge is 2.14. The minimum atomic E-state index is -0.310. The lowest BCUT2D eigenvalue weighted by Gasteiger charge is -2.17. The fourth-order valence-corrected chi connectivity index (χ4v) is 3.72. The Balaban J connectivity index is 1.72. The first-order chi connectivity index (χ1) is 15.6. The first-order valence-corrected chi connectivity index (χ1v) is 10.8. The van der Waals surface area contributed by atoms with Crippen LogP contribution in [-0.2, 0) is 9.59 Å². The molecule has 2 aromatic carbocycles. The van der Waals surface area contributed by atoms with Gasteiger partial charge in [0.25, 0.3) is 5.91 Å². The van der Waals surface area contributed by atoms with Gasteiger partial charge in [0.2, 0.25) is 6.41 Å². The summed E-state index contributed by atoms with van der Waals surface area (Å²) >= 11 is 0. The number of aliphatic imine (C=N–C) groups is 1. The summed E-state index contributed by atoms with van der Waals surface area (Å²) in [5, 5.41) is 7.06. The third kappa shape index (κ3) is 6.14. The standard InChI is InChI=1S/C25H29N5O2/c1-18-7-5-6-10-23(18)24(30-28-17-31)19-11-13-22(14-12-19)29-25(32)20(15-26)16-27-21-8-3-2-4-9-21/h5-7,10-17,21H,2-4,8-9,26H2,1H3,(H,28,31)(H,29,32)/b20-15?,27-16?,30-24-. The molecule has 0 aliphatic heterocycles. The first-order valence-electron chi connectivity index (χ1n) is 10.8. The molecule has 2 aromatic rings. The number of carbonyl (C=O) groups is 2. The van der Waals surface area contributed by atoms with Gasteiger partial charge >= 0.3 is 0 Å². The molecule has 166 valence electrons. The van der Waals surface area contributed by atoms with E-state index in [2.05, 4.69) is 20.8 Å². The molecule has 0 radical (unpaired) electrons. The summed E-state index contributed by atoms with van der Waals surface area (Å²) in [6.45, 7) is 1.98. The van der Waals surface area contributed by atoms with Gasteiger partial charge in [0, 0.05) is 35.3 Å². The molecule has 1 fully saturated rings. The number of hydrazone groups is 1. The maximum atomic E-state index is 12.6. The molecule has 0 aromatic heterocycles. The smallest absolute Gasteiger partial charge is 0.258 e. The Morgan fingerprint density at radius 2 is 1.78 bits per heavy atom. The highest BCUT2D eigenvalue weighted by atomic mass is 16.1. The molecule has 0 heterocycles. The number of carbonyl (C=O) groups excluding carboxylic acids is 2. The van der Waals surface area contributed by atoms with Gasteiger partial charge in [-0.3, -0.25) is 14.6 Å². The van der Waals surface area contributed by atoms with Gasteiger partial charge in [-0.2, -0.15) is 5.10 Å². The van der Waals surface area contributed by atoms with E-state index in [9.17, 15) is 9.59 Å². The fraction of sp³-hybridized carbons (Fsp3) is 0.280. The van der Waals surface area contributed by atoms with Crippen LogP contribution in [0.15, 0.2) is 70.4 Å². The maximum absolute atomic E-state index is 12.6. The highest BCUT2D eigenvalue weighted by molar-refractivity contribution is 6.18. The average molecular weight is 432 g/mol. The monoisotopic (exact) mass is 431 g/mol. The normalized spacial score (nSPS) is 15.5. The molecule has 0 bridgehead atoms. The molecular formula is C25H29N5O2. The Bertz CT molecular complexity index is 1020. The molecule has 3 rings (SSSR count). The Morgan fingerprint density at radius 3 is 2.44 bits per heavy atom. The molecule has 0 unspecified atom stereocenters. The van der Waals surface area contributed by atoms with Gasteiger partial charge in [-0.25, -0.2) is 5.43 Å². The minimum absolute atomic E-state index is 0.268. The van der Waals surface area contributed by atoms with Crippen molar-refractivity contribution in [3.8, 4) is 0 Å². The minimum Gasteiger partial charge on any atom is -0.404 e. The first kappa shape index (κ1) is 22.9. The molecule has 0 spiro atoms. The topological polar surface area (TPSA) is 109 Å². The van der Waals surface area contributed by atoms with Crippen LogP contribution in [0.5, 0.6) is 0 Å². The third-order valence-electron chi connectivity index (χ3n) is 5.49. The van der Waals surface area contributed by atoms with Gasteiger partial charge < -0.3 is 11.1 Å². The number of nitrogens with zero attached hydrogens (tertiary/aromatic N) is 2. The van der Waals surface area contributed by atoms with E-state index < -0.39 is 0 Å². The summed E-state index contributed by atoms with van der Waals surface area (Å²) in [5.41, 5.74) is 12.4. The molecule has 1 aliphatic rings. The van der Waals surface area contributed by atoms with Crippen LogP contribution in [0.1, 0.15) is 48.8 Å². The van der Waals surface area contributed by atoms with E-state index in [4.69, 9.17) is 5.73 Å². The van der Waals surface area contributed by atoms with Crippen LogP contribution < -0.4 is 16.5 Å². The van der Waals surface area contributed by atoms with E-state index in [0.717, 1.165) is 29.5 Å². The third-order valence-corrected chi connectivity index (χ3v) is 5.49. The van der Waals surface area contributed by atoms with E-state index in [1.807, 2.05) is 43.3 Å². The number of nitrogens with two attached hydrogens (primary N) is 1. The lowest BCUT2D eigenvalue weighted by Crippen LogP contribution is -2.18. The fourth-order valence-electron chi connectivity index (χ4n) is 3.72. The molecule has 32 heavy (non-hydrogen) atoms. The Labute approximate surface area is 188 Å². The number of aryl methyl sites for hydroxylation is 1. The van der Waals surface area contributed by atoms with Crippen molar-refractivity contribution in [1.29, 1.82) is 0 Å². The van der Waals surface area contributed by atoms with Gasteiger partial charge in [-0.15, -0.1) is 0 Å². The average Bonchev–Trinajstić information content (AvgIpc) is 2.82. The number of hydrogen-bond donors (Lipinski definition) is 3. The largest absolute Gasteiger partial charge is 0.404 e. The van der Waals surface area contributed by atoms with Crippen LogP contribution in [0.3, 0.4) is 0 Å². The second kappa shape index (κ2) is 11.6. The summed E-state index contributed by atoms with van der Waals surface area (Å²) in [5.74, 6) is -0.310. The van der Waals surface area contributed by atoms with Crippen molar-refractivity contribution in [3.63, 3.8) is 0 Å². The predicted octanol–water partition coefficient (Wildman–Crippen LogP) is 3.68. The van der Waals surface area contributed by atoms with Crippen LogP contribution >= 0.6 is 0 Å². The van der Waals surface area contributed by atoms with Gasteiger partial charge in [-0.05, 0) is 37.5 Å². The van der Waals surface area contributed by atoms with Crippen molar-refractivity contribution in [3.05, 3.63) is 77.0 Å². The SMILES string of the molecule is Cc1ccccc1/C(=N\NC=O)c1ccc(NC(=O)C(C=NC2CCCCC2)=CN)cc1. The molecule has 0 atom stereocenters. The molecule has 1 saturated carbocycles. The van der Waals surface area contributed by atoms with E-state index in [0.29, 0.717) is 23.4 Å². The van der Waals surface area contributed by atoms with Gasteiger partial charge in [0.15, 0.2) is 0 Å². The molecule has 7 heteroatoms. The van der Waals surface area contributed by atoms with E-state index >= 15 is 0 Å². The molecule has 1 aliphatic carbocycles. The van der Waals surface area contributed by atoms with Crippen LogP contribution in [0.2, 0.25) is 0 Å². The zero-order valence-corrected chi connectivity index (χ0v) is 18.3. The van der Waals surface area contributed by atoms with Crippen LogP contribution in [0.4, 0.5) is 5.69 Å². The number of nitrogens with one attached hydrogen (secondary N) is 2. The van der Waals surface area contributed by atoms with Crippen molar-refractivity contribution < 1.29 is 9.59 Å². The van der Waals surface area contributed by atoms with Crippen molar-refractivity contribution in [2.75, 3.05) is 5.32 Å². The van der Waals surface area contributed by atoms with Crippen molar-refractivity contribution in [1.82, 2.24) is 5.43 Å². The predicted molar refractivity (Wildman–Crippen MR) is 129 cm³/mol. The van der Waals surface area contributed by atoms with E-state index in [-0.39, 0.29) is 11.9 Å². The van der Waals surface area contributed by atoms with Crippen LogP contribution in [0, 0.1) is 6.92 Å². The number of rotatable bonds is 8. The number of anilines is 1.